The Morgan fingerprint density at radius 1 is 1.20 bits per heavy atom. The molecule has 0 saturated heterocycles. The van der Waals surface area contributed by atoms with Gasteiger partial charge in [0.1, 0.15) is 0 Å². The van der Waals surface area contributed by atoms with Crippen molar-refractivity contribution in [2.75, 3.05) is 0 Å². The number of thioether (sulfide) groups is 1. The second-order valence-corrected chi connectivity index (χ2v) is 5.75. The molecule has 0 fully saturated rings. The molecule has 3 nitrogen and oxygen atoms in total. The van der Waals surface area contributed by atoms with Crippen LogP contribution >= 0.6 is 11.8 Å². The second-order valence-electron chi connectivity index (χ2n) is 4.75. The molecule has 0 radical (unpaired) electrons. The third kappa shape index (κ3) is 4.10. The summed E-state index contributed by atoms with van der Waals surface area (Å²) in [6.45, 7) is 4.03. The molecule has 1 aromatic heterocycles. The molecule has 0 saturated carbocycles. The molecule has 20 heavy (non-hydrogen) atoms. The van der Waals surface area contributed by atoms with E-state index in [0.29, 0.717) is 0 Å². The Hall–Kier alpha value is -1.81. The van der Waals surface area contributed by atoms with Crippen molar-refractivity contribution in [1.29, 1.82) is 0 Å². The SMILES string of the molecule is Cc1cc(C)nc(SCc2ccccc2CC(=O)O)c1. The van der Waals surface area contributed by atoms with Crippen LogP contribution in [0.25, 0.3) is 0 Å². The van der Waals surface area contributed by atoms with Crippen molar-refractivity contribution in [3.8, 4) is 0 Å². The van der Waals surface area contributed by atoms with Gasteiger partial charge in [-0.25, -0.2) is 4.98 Å². The summed E-state index contributed by atoms with van der Waals surface area (Å²) in [5.41, 5.74) is 4.13. The van der Waals surface area contributed by atoms with Crippen LogP contribution in [0.2, 0.25) is 0 Å². The summed E-state index contributed by atoms with van der Waals surface area (Å²) < 4.78 is 0. The minimum Gasteiger partial charge on any atom is -0.481 e. The first kappa shape index (κ1) is 14.6. The van der Waals surface area contributed by atoms with Crippen molar-refractivity contribution in [3.63, 3.8) is 0 Å². The average Bonchev–Trinajstić information content (AvgIpc) is 2.36. The summed E-state index contributed by atoms with van der Waals surface area (Å²) in [6, 6.07) is 11.8. The highest BCUT2D eigenvalue weighted by Crippen LogP contribution is 2.24. The van der Waals surface area contributed by atoms with Gasteiger partial charge >= 0.3 is 5.97 Å². The molecular formula is C16H17NO2S. The van der Waals surface area contributed by atoms with Gasteiger partial charge in [-0.05, 0) is 42.7 Å². The van der Waals surface area contributed by atoms with Crippen molar-refractivity contribution in [2.45, 2.75) is 31.0 Å². The van der Waals surface area contributed by atoms with Crippen LogP contribution in [0.4, 0.5) is 0 Å². The van der Waals surface area contributed by atoms with Gasteiger partial charge in [-0.3, -0.25) is 4.79 Å². The van der Waals surface area contributed by atoms with Crippen molar-refractivity contribution in [1.82, 2.24) is 4.98 Å². The van der Waals surface area contributed by atoms with Gasteiger partial charge in [0.05, 0.1) is 11.4 Å². The largest absolute Gasteiger partial charge is 0.481 e. The van der Waals surface area contributed by atoms with Crippen molar-refractivity contribution >= 4 is 17.7 Å². The predicted octanol–water partition coefficient (Wildman–Crippen LogP) is 3.62. The zero-order valence-electron chi connectivity index (χ0n) is 11.6. The number of rotatable bonds is 5. The number of aromatic nitrogens is 1. The highest BCUT2D eigenvalue weighted by molar-refractivity contribution is 7.98. The smallest absolute Gasteiger partial charge is 0.307 e. The normalized spacial score (nSPS) is 10.5. The maximum absolute atomic E-state index is 10.9. The topological polar surface area (TPSA) is 50.2 Å². The fourth-order valence-electron chi connectivity index (χ4n) is 2.06. The summed E-state index contributed by atoms with van der Waals surface area (Å²) in [5, 5.41) is 9.91. The second kappa shape index (κ2) is 6.57. The fourth-order valence-corrected chi connectivity index (χ4v) is 3.13. The lowest BCUT2D eigenvalue weighted by Gasteiger charge is -2.08. The molecule has 104 valence electrons. The Kier molecular flexibility index (Phi) is 4.79. The van der Waals surface area contributed by atoms with Crippen molar-refractivity contribution in [2.24, 2.45) is 0 Å². The van der Waals surface area contributed by atoms with Gasteiger partial charge in [-0.15, -0.1) is 11.8 Å². The number of carbonyl (C=O) groups is 1. The molecule has 1 aromatic carbocycles. The highest BCUT2D eigenvalue weighted by Gasteiger charge is 2.07. The standard InChI is InChI=1S/C16H17NO2S/c1-11-7-12(2)17-15(8-11)20-10-14-6-4-3-5-13(14)9-16(18)19/h3-8H,9-10H2,1-2H3,(H,18,19). The number of hydrogen-bond acceptors (Lipinski definition) is 3. The maximum Gasteiger partial charge on any atom is 0.307 e. The summed E-state index contributed by atoms with van der Waals surface area (Å²) in [6.07, 6.45) is 0.0665. The van der Waals surface area contributed by atoms with Gasteiger partial charge in [0, 0.05) is 11.4 Å². The lowest BCUT2D eigenvalue weighted by molar-refractivity contribution is -0.136. The monoisotopic (exact) mass is 287 g/mol. The van der Waals surface area contributed by atoms with Gasteiger partial charge in [0.25, 0.3) is 0 Å². The van der Waals surface area contributed by atoms with Gasteiger partial charge < -0.3 is 5.11 Å². The Balaban J connectivity index is 2.12. The fraction of sp³-hybridized carbons (Fsp3) is 0.250. The van der Waals surface area contributed by atoms with Crippen molar-refractivity contribution < 1.29 is 9.90 Å². The Bertz CT molecular complexity index is 605. The van der Waals surface area contributed by atoms with E-state index in [9.17, 15) is 4.79 Å². The van der Waals surface area contributed by atoms with E-state index in [1.807, 2.05) is 37.3 Å². The Labute approximate surface area is 123 Å². The molecule has 0 amide bonds. The maximum atomic E-state index is 10.9. The van der Waals surface area contributed by atoms with Crippen molar-refractivity contribution in [3.05, 3.63) is 58.8 Å². The molecule has 4 heteroatoms. The molecule has 0 unspecified atom stereocenters. The van der Waals surface area contributed by atoms with E-state index in [1.165, 1.54) is 5.56 Å². The number of benzene rings is 1. The molecule has 0 atom stereocenters. The van der Waals surface area contributed by atoms with Crippen LogP contribution in [-0.4, -0.2) is 16.1 Å². The van der Waals surface area contributed by atoms with E-state index in [0.717, 1.165) is 27.6 Å². The first-order valence-electron chi connectivity index (χ1n) is 6.41. The zero-order valence-corrected chi connectivity index (χ0v) is 12.4. The minimum atomic E-state index is -0.799. The first-order chi connectivity index (χ1) is 9.54. The molecule has 0 aliphatic heterocycles. The molecule has 2 aromatic rings. The van der Waals surface area contributed by atoms with Crippen LogP contribution in [0.5, 0.6) is 0 Å². The van der Waals surface area contributed by atoms with Gasteiger partial charge in [0.2, 0.25) is 0 Å². The molecule has 1 heterocycles. The molecular weight excluding hydrogens is 270 g/mol. The number of hydrogen-bond donors (Lipinski definition) is 1. The van der Waals surface area contributed by atoms with Crippen LogP contribution < -0.4 is 0 Å². The number of aryl methyl sites for hydroxylation is 2. The molecule has 0 aliphatic carbocycles. The summed E-state index contributed by atoms with van der Waals surface area (Å²) >= 11 is 1.64. The Morgan fingerprint density at radius 3 is 2.55 bits per heavy atom. The van der Waals surface area contributed by atoms with Crippen LogP contribution in [0.3, 0.4) is 0 Å². The number of carboxylic acid groups (broad SMARTS) is 1. The van der Waals surface area contributed by atoms with Gasteiger partial charge in [-0.1, -0.05) is 24.3 Å². The zero-order chi connectivity index (χ0) is 14.5. The van der Waals surface area contributed by atoms with E-state index < -0.39 is 5.97 Å². The van der Waals surface area contributed by atoms with Gasteiger partial charge in [0.15, 0.2) is 0 Å². The summed E-state index contributed by atoms with van der Waals surface area (Å²) in [4.78, 5) is 15.4. The lowest BCUT2D eigenvalue weighted by Crippen LogP contribution is -2.03. The lowest BCUT2D eigenvalue weighted by atomic mass is 10.1. The average molecular weight is 287 g/mol. The van der Waals surface area contributed by atoms with Crippen LogP contribution in [-0.2, 0) is 17.0 Å². The highest BCUT2D eigenvalue weighted by atomic mass is 32.2. The summed E-state index contributed by atoms with van der Waals surface area (Å²) in [5.74, 6) is -0.0636. The van der Waals surface area contributed by atoms with E-state index in [4.69, 9.17) is 5.11 Å². The van der Waals surface area contributed by atoms with E-state index >= 15 is 0 Å². The number of pyridine rings is 1. The van der Waals surface area contributed by atoms with Crippen LogP contribution in [0.1, 0.15) is 22.4 Å². The Morgan fingerprint density at radius 2 is 1.90 bits per heavy atom. The van der Waals surface area contributed by atoms with Crippen LogP contribution in [0, 0.1) is 13.8 Å². The van der Waals surface area contributed by atoms with Crippen LogP contribution in [0.15, 0.2) is 41.4 Å². The minimum absolute atomic E-state index is 0.0665. The molecule has 2 rings (SSSR count). The number of carboxylic acids is 1. The summed E-state index contributed by atoms with van der Waals surface area (Å²) in [7, 11) is 0. The predicted molar refractivity (Wildman–Crippen MR) is 81.1 cm³/mol. The molecule has 0 aliphatic rings. The third-order valence-corrected chi connectivity index (χ3v) is 3.87. The third-order valence-electron chi connectivity index (χ3n) is 2.91. The quantitative estimate of drug-likeness (QED) is 0.853. The first-order valence-corrected chi connectivity index (χ1v) is 7.40. The number of aliphatic carboxylic acids is 1. The molecule has 0 bridgehead atoms. The van der Waals surface area contributed by atoms with E-state index in [2.05, 4.69) is 18.0 Å². The molecule has 0 spiro atoms. The van der Waals surface area contributed by atoms with Gasteiger partial charge in [-0.2, -0.15) is 0 Å². The van der Waals surface area contributed by atoms with E-state index in [-0.39, 0.29) is 6.42 Å². The van der Waals surface area contributed by atoms with E-state index in [1.54, 1.807) is 11.8 Å². The number of nitrogens with zero attached hydrogens (tertiary/aromatic N) is 1. The molecule has 1 N–H and O–H groups in total.